The molecule has 0 heterocycles. The number of hydrogen-bond donors (Lipinski definition) is 1. The number of nitrogens with zero attached hydrogens (tertiary/aromatic N) is 2. The van der Waals surface area contributed by atoms with Crippen molar-refractivity contribution in [1.82, 2.24) is 10.2 Å². The van der Waals surface area contributed by atoms with E-state index in [1.54, 1.807) is 43.3 Å². The van der Waals surface area contributed by atoms with Crippen LogP contribution in [0.15, 0.2) is 83.8 Å². The second-order valence-electron chi connectivity index (χ2n) is 9.31. The maximum Gasteiger partial charge on any atom is 0.264 e. The van der Waals surface area contributed by atoms with Crippen molar-refractivity contribution < 1.29 is 18.0 Å². The number of anilines is 1. The van der Waals surface area contributed by atoms with Gasteiger partial charge in [0, 0.05) is 17.6 Å². The molecule has 7 nitrogen and oxygen atoms in total. The van der Waals surface area contributed by atoms with Gasteiger partial charge >= 0.3 is 0 Å². The van der Waals surface area contributed by atoms with Crippen molar-refractivity contribution in [2.24, 2.45) is 0 Å². The largest absolute Gasteiger partial charge is 0.352 e. The molecule has 3 aromatic carbocycles. The number of hydrogen-bond acceptors (Lipinski definition) is 4. The lowest BCUT2D eigenvalue weighted by atomic mass is 10.1. The van der Waals surface area contributed by atoms with E-state index in [-0.39, 0.29) is 29.1 Å². The van der Waals surface area contributed by atoms with Crippen LogP contribution in [0.2, 0.25) is 5.02 Å². The summed E-state index contributed by atoms with van der Waals surface area (Å²) >= 11 is 6.19. The minimum atomic E-state index is -4.12. The standard InChI is InChI=1S/C29H34ClN3O4S/c1-5-22(3)31-29(35)23(4)32(19-24-12-9-11-21(2)17-24)28(34)20-33(26-14-10-13-25(30)18-26)38(36,37)27-15-7-6-8-16-27/h6-18,22-23H,5,19-20H2,1-4H3,(H,31,35)/t22-,23-/m0/s1. The fourth-order valence-corrected chi connectivity index (χ4v) is 5.55. The Morgan fingerprint density at radius 3 is 2.26 bits per heavy atom. The molecule has 0 spiro atoms. The molecule has 1 N–H and O–H groups in total. The number of halogens is 1. The maximum absolute atomic E-state index is 13.9. The van der Waals surface area contributed by atoms with E-state index < -0.39 is 28.5 Å². The number of carbonyl (C=O) groups excluding carboxylic acids is 2. The first-order valence-electron chi connectivity index (χ1n) is 12.5. The number of carbonyl (C=O) groups is 2. The van der Waals surface area contributed by atoms with Gasteiger partial charge in [0.1, 0.15) is 12.6 Å². The summed E-state index contributed by atoms with van der Waals surface area (Å²) in [4.78, 5) is 28.4. The van der Waals surface area contributed by atoms with Crippen LogP contribution in [0.5, 0.6) is 0 Å². The molecule has 0 saturated heterocycles. The summed E-state index contributed by atoms with van der Waals surface area (Å²) in [5.41, 5.74) is 2.10. The van der Waals surface area contributed by atoms with Crippen molar-refractivity contribution >= 4 is 39.1 Å². The van der Waals surface area contributed by atoms with Gasteiger partial charge in [-0.2, -0.15) is 0 Å². The Balaban J connectivity index is 2.02. The Morgan fingerprint density at radius 1 is 0.947 bits per heavy atom. The van der Waals surface area contributed by atoms with Gasteiger partial charge < -0.3 is 10.2 Å². The normalized spacial score (nSPS) is 12.9. The van der Waals surface area contributed by atoms with Crippen molar-refractivity contribution in [3.63, 3.8) is 0 Å². The molecule has 0 saturated carbocycles. The van der Waals surface area contributed by atoms with Crippen LogP contribution in [0.1, 0.15) is 38.3 Å². The van der Waals surface area contributed by atoms with E-state index in [0.29, 0.717) is 5.02 Å². The Hall–Kier alpha value is -3.36. The minimum Gasteiger partial charge on any atom is -0.352 e. The fraction of sp³-hybridized carbons (Fsp3) is 0.310. The smallest absolute Gasteiger partial charge is 0.264 e. The number of rotatable bonds is 11. The van der Waals surface area contributed by atoms with Crippen molar-refractivity contribution in [2.45, 2.75) is 57.6 Å². The lowest BCUT2D eigenvalue weighted by Crippen LogP contribution is -2.52. The highest BCUT2D eigenvalue weighted by atomic mass is 35.5. The number of aryl methyl sites for hydroxylation is 1. The molecular weight excluding hydrogens is 522 g/mol. The summed E-state index contributed by atoms with van der Waals surface area (Å²) in [6.07, 6.45) is 0.738. The predicted molar refractivity (Wildman–Crippen MR) is 152 cm³/mol. The molecule has 0 aliphatic heterocycles. The summed E-state index contributed by atoms with van der Waals surface area (Å²) in [6.45, 7) is 7.09. The molecule has 0 unspecified atom stereocenters. The summed E-state index contributed by atoms with van der Waals surface area (Å²) in [5, 5.41) is 3.26. The van der Waals surface area contributed by atoms with Crippen molar-refractivity contribution in [3.05, 3.63) is 95.0 Å². The van der Waals surface area contributed by atoms with Crippen molar-refractivity contribution in [3.8, 4) is 0 Å². The Kier molecular flexibility index (Phi) is 9.94. The molecule has 0 aliphatic carbocycles. The molecule has 38 heavy (non-hydrogen) atoms. The molecule has 3 rings (SSSR count). The first-order valence-corrected chi connectivity index (χ1v) is 14.3. The molecule has 0 aromatic heterocycles. The molecule has 3 aromatic rings. The zero-order chi connectivity index (χ0) is 27.9. The third kappa shape index (κ3) is 7.36. The third-order valence-electron chi connectivity index (χ3n) is 6.31. The van der Waals surface area contributed by atoms with Crippen LogP contribution in [0.4, 0.5) is 5.69 Å². The molecule has 2 amide bonds. The van der Waals surface area contributed by atoms with E-state index in [9.17, 15) is 18.0 Å². The van der Waals surface area contributed by atoms with Gasteiger partial charge in [-0.3, -0.25) is 13.9 Å². The molecular formula is C29H34ClN3O4S. The van der Waals surface area contributed by atoms with Gasteiger partial charge in [0.25, 0.3) is 10.0 Å². The highest BCUT2D eigenvalue weighted by Gasteiger charge is 2.32. The topological polar surface area (TPSA) is 86.8 Å². The number of sulfonamides is 1. The number of benzene rings is 3. The van der Waals surface area contributed by atoms with Crippen LogP contribution in [-0.4, -0.2) is 43.8 Å². The Morgan fingerprint density at radius 2 is 1.63 bits per heavy atom. The van der Waals surface area contributed by atoms with E-state index in [1.807, 2.05) is 45.0 Å². The second kappa shape index (κ2) is 12.9. The first kappa shape index (κ1) is 29.2. The SMILES string of the molecule is CC[C@H](C)NC(=O)[C@H](C)N(Cc1cccc(C)c1)C(=O)CN(c1cccc(Cl)c1)S(=O)(=O)c1ccccc1. The van der Waals surface area contributed by atoms with Crippen LogP contribution in [0, 0.1) is 6.92 Å². The molecule has 9 heteroatoms. The average molecular weight is 556 g/mol. The van der Waals surface area contributed by atoms with E-state index in [1.165, 1.54) is 23.1 Å². The van der Waals surface area contributed by atoms with Crippen molar-refractivity contribution in [2.75, 3.05) is 10.8 Å². The predicted octanol–water partition coefficient (Wildman–Crippen LogP) is 5.18. The Bertz CT molecular complexity index is 1370. The van der Waals surface area contributed by atoms with Gasteiger partial charge in [-0.05, 0) is 63.1 Å². The number of amides is 2. The van der Waals surface area contributed by atoms with Crippen LogP contribution in [-0.2, 0) is 26.2 Å². The maximum atomic E-state index is 13.9. The second-order valence-corrected chi connectivity index (χ2v) is 11.6. The summed E-state index contributed by atoms with van der Waals surface area (Å²) in [7, 11) is -4.12. The monoisotopic (exact) mass is 555 g/mol. The highest BCUT2D eigenvalue weighted by Crippen LogP contribution is 2.26. The molecule has 0 bridgehead atoms. The Labute approximate surface area is 230 Å². The van der Waals surface area contributed by atoms with Crippen LogP contribution >= 0.6 is 11.6 Å². The van der Waals surface area contributed by atoms with Crippen LogP contribution in [0.25, 0.3) is 0 Å². The number of nitrogens with one attached hydrogen (secondary N) is 1. The van der Waals surface area contributed by atoms with E-state index in [0.717, 1.165) is 21.9 Å². The van der Waals surface area contributed by atoms with Gasteiger partial charge in [-0.15, -0.1) is 0 Å². The van der Waals surface area contributed by atoms with Gasteiger partial charge in [0.05, 0.1) is 10.6 Å². The molecule has 0 aliphatic rings. The molecule has 2 atom stereocenters. The fourth-order valence-electron chi connectivity index (χ4n) is 3.94. The van der Waals surface area contributed by atoms with Crippen LogP contribution in [0.3, 0.4) is 0 Å². The van der Waals surface area contributed by atoms with E-state index >= 15 is 0 Å². The zero-order valence-electron chi connectivity index (χ0n) is 22.1. The molecule has 202 valence electrons. The third-order valence-corrected chi connectivity index (χ3v) is 8.33. The lowest BCUT2D eigenvalue weighted by molar-refractivity contribution is -0.139. The molecule has 0 radical (unpaired) electrons. The minimum absolute atomic E-state index is 0.0422. The summed E-state index contributed by atoms with van der Waals surface area (Å²) < 4.78 is 28.5. The first-order chi connectivity index (χ1) is 18.0. The quantitative estimate of drug-likeness (QED) is 0.353. The van der Waals surface area contributed by atoms with E-state index in [4.69, 9.17) is 11.6 Å². The lowest BCUT2D eigenvalue weighted by Gasteiger charge is -2.32. The summed E-state index contributed by atoms with van der Waals surface area (Å²) in [6, 6.07) is 21.0. The van der Waals surface area contributed by atoms with E-state index in [2.05, 4.69) is 5.32 Å². The molecule has 0 fully saturated rings. The van der Waals surface area contributed by atoms with Gasteiger partial charge in [0.15, 0.2) is 0 Å². The van der Waals surface area contributed by atoms with Crippen molar-refractivity contribution in [1.29, 1.82) is 0 Å². The average Bonchev–Trinajstić information content (AvgIpc) is 2.90. The van der Waals surface area contributed by atoms with Gasteiger partial charge in [-0.1, -0.05) is 72.6 Å². The van der Waals surface area contributed by atoms with Crippen LogP contribution < -0.4 is 9.62 Å². The van der Waals surface area contributed by atoms with Gasteiger partial charge in [0.2, 0.25) is 11.8 Å². The zero-order valence-corrected chi connectivity index (χ0v) is 23.7. The van der Waals surface area contributed by atoms with Gasteiger partial charge in [-0.25, -0.2) is 8.42 Å². The summed E-state index contributed by atoms with van der Waals surface area (Å²) in [5.74, 6) is -0.821. The highest BCUT2D eigenvalue weighted by molar-refractivity contribution is 7.92.